The summed E-state index contributed by atoms with van der Waals surface area (Å²) in [5, 5.41) is 0. The molecule has 172 valence electrons. The molecule has 8 aliphatic rings. The van der Waals surface area contributed by atoms with Gasteiger partial charge in [0.25, 0.3) is 0 Å². The van der Waals surface area contributed by atoms with E-state index in [1.54, 1.807) is 5.57 Å². The summed E-state index contributed by atoms with van der Waals surface area (Å²) < 4.78 is 0. The van der Waals surface area contributed by atoms with Crippen molar-refractivity contribution in [3.8, 4) is 11.8 Å². The van der Waals surface area contributed by atoms with Gasteiger partial charge in [-0.3, -0.25) is 4.90 Å². The topological polar surface area (TPSA) is 3.01 Å². The number of fused-ring (bicyclic) bond motifs is 1. The highest BCUT2D eigenvalue weighted by atomic mass is 15.4. The summed E-state index contributed by atoms with van der Waals surface area (Å²) in [5.41, 5.74) is 6.26. The van der Waals surface area contributed by atoms with Gasteiger partial charge in [-0.2, -0.15) is 0 Å². The van der Waals surface area contributed by atoms with Gasteiger partial charge in [0.2, 0.25) is 0 Å². The van der Waals surface area contributed by atoms with Gasteiger partial charge < -0.3 is 0 Å². The van der Waals surface area contributed by atoms with E-state index in [4.69, 9.17) is 0 Å². The van der Waals surface area contributed by atoms with Crippen molar-refractivity contribution in [1.82, 2.24) is 4.90 Å². The molecule has 1 unspecified atom stereocenters. The van der Waals surface area contributed by atoms with Gasteiger partial charge in [0.1, 0.15) is 0 Å². The lowest BCUT2D eigenvalue weighted by molar-refractivity contribution is -0.232. The van der Waals surface area contributed by atoms with Crippen LogP contribution in [-0.4, -0.2) is 23.0 Å². The van der Waals surface area contributed by atoms with Crippen molar-refractivity contribution in [2.75, 3.05) is 6.54 Å². The van der Waals surface area contributed by atoms with Crippen LogP contribution in [-0.2, 0) is 0 Å². The summed E-state index contributed by atoms with van der Waals surface area (Å²) in [6, 6.07) is 0.845. The molecule has 5 saturated carbocycles. The largest absolute Gasteiger partial charge is 0.291 e. The molecule has 0 aromatic heterocycles. The second-order valence-corrected chi connectivity index (χ2v) is 14.2. The Morgan fingerprint density at radius 3 is 2.72 bits per heavy atom. The highest BCUT2D eigenvalue weighted by molar-refractivity contribution is 5.47. The molecule has 1 nitrogen and oxygen atoms in total. The van der Waals surface area contributed by atoms with Crippen LogP contribution in [0.1, 0.15) is 111 Å². The van der Waals surface area contributed by atoms with E-state index in [0.29, 0.717) is 27.2 Å². The van der Waals surface area contributed by atoms with Gasteiger partial charge in [0.15, 0.2) is 0 Å². The Hall–Kier alpha value is -0.740. The van der Waals surface area contributed by atoms with Crippen LogP contribution in [0.25, 0.3) is 0 Å². The van der Waals surface area contributed by atoms with Crippen molar-refractivity contribution < 1.29 is 0 Å². The maximum absolute atomic E-state index is 3.96. The SMILES string of the molecule is CC1=C2C[C@]34[C@H]5CC[C@@H]6CCC[C@@]63C[C@@H](C)[C@@]2(CC1)[C@]4(C)CC#CC[C@@H]1CCC[C@@]12CN52. The second kappa shape index (κ2) is 5.73. The molecular weight excluding hydrogens is 386 g/mol. The average molecular weight is 430 g/mol. The number of rotatable bonds is 0. The van der Waals surface area contributed by atoms with Crippen LogP contribution in [0, 0.1) is 51.3 Å². The molecule has 2 heterocycles. The fraction of sp³-hybridized carbons (Fsp3) is 0.871. The van der Waals surface area contributed by atoms with Crippen LogP contribution in [0.3, 0.4) is 0 Å². The number of allylic oxidation sites excluding steroid dienone is 2. The van der Waals surface area contributed by atoms with Crippen LogP contribution in [0.5, 0.6) is 0 Å². The van der Waals surface area contributed by atoms with Gasteiger partial charge in [-0.25, -0.2) is 0 Å². The Morgan fingerprint density at radius 2 is 1.81 bits per heavy atom. The quantitative estimate of drug-likeness (QED) is 0.225. The van der Waals surface area contributed by atoms with E-state index in [-0.39, 0.29) is 0 Å². The van der Waals surface area contributed by atoms with Crippen molar-refractivity contribution in [2.45, 2.75) is 122 Å². The molecular formula is C31H43N. The Kier molecular flexibility index (Phi) is 3.50. The molecule has 6 fully saturated rings. The molecule has 2 aliphatic heterocycles. The fourth-order valence-corrected chi connectivity index (χ4v) is 13.3. The van der Waals surface area contributed by atoms with Crippen molar-refractivity contribution in [3.63, 3.8) is 0 Å². The van der Waals surface area contributed by atoms with Crippen molar-refractivity contribution >= 4 is 0 Å². The maximum atomic E-state index is 3.96. The van der Waals surface area contributed by atoms with E-state index in [1.807, 2.05) is 5.57 Å². The first-order valence-electron chi connectivity index (χ1n) is 14.4. The molecule has 6 aliphatic carbocycles. The summed E-state index contributed by atoms with van der Waals surface area (Å²) in [4.78, 5) is 3.17. The van der Waals surface area contributed by atoms with E-state index in [2.05, 4.69) is 37.5 Å². The Bertz CT molecular complexity index is 996. The van der Waals surface area contributed by atoms with E-state index >= 15 is 0 Å². The van der Waals surface area contributed by atoms with E-state index in [1.165, 1.54) is 96.4 Å². The van der Waals surface area contributed by atoms with Crippen LogP contribution in [0.2, 0.25) is 0 Å². The zero-order chi connectivity index (χ0) is 21.6. The first-order chi connectivity index (χ1) is 15.5. The van der Waals surface area contributed by atoms with Crippen molar-refractivity contribution in [2.24, 2.45) is 39.4 Å². The van der Waals surface area contributed by atoms with Crippen LogP contribution < -0.4 is 0 Å². The number of hydrogen-bond donors (Lipinski definition) is 0. The zero-order valence-corrected chi connectivity index (χ0v) is 20.9. The van der Waals surface area contributed by atoms with Gasteiger partial charge >= 0.3 is 0 Å². The van der Waals surface area contributed by atoms with Crippen LogP contribution >= 0.6 is 0 Å². The van der Waals surface area contributed by atoms with Crippen LogP contribution in [0.15, 0.2) is 11.1 Å². The summed E-state index contributed by atoms with van der Waals surface area (Å²) in [6.45, 7) is 9.47. The van der Waals surface area contributed by atoms with E-state index in [0.717, 1.165) is 23.8 Å². The molecule has 1 heteroatoms. The summed E-state index contributed by atoms with van der Waals surface area (Å²) >= 11 is 0. The molecule has 2 bridgehead atoms. The Morgan fingerprint density at radius 1 is 0.969 bits per heavy atom. The molecule has 10 atom stereocenters. The summed E-state index contributed by atoms with van der Waals surface area (Å²) in [7, 11) is 0. The average Bonchev–Trinajstić information content (AvgIpc) is 3.03. The molecule has 32 heavy (non-hydrogen) atoms. The molecule has 0 amide bonds. The number of hydrogen-bond acceptors (Lipinski definition) is 1. The van der Waals surface area contributed by atoms with Gasteiger partial charge in [-0.15, -0.1) is 11.8 Å². The van der Waals surface area contributed by atoms with Gasteiger partial charge in [-0.05, 0) is 99.7 Å². The van der Waals surface area contributed by atoms with E-state index < -0.39 is 0 Å². The minimum atomic E-state index is 0.376. The maximum Gasteiger partial charge on any atom is 0.0377 e. The van der Waals surface area contributed by atoms with Gasteiger partial charge in [-0.1, -0.05) is 37.8 Å². The zero-order valence-electron chi connectivity index (χ0n) is 20.9. The third-order valence-electron chi connectivity index (χ3n) is 14.2. The minimum Gasteiger partial charge on any atom is -0.291 e. The fourth-order valence-electron chi connectivity index (χ4n) is 13.3. The third-order valence-corrected chi connectivity index (χ3v) is 14.2. The number of nitrogens with zero attached hydrogens (tertiary/aromatic N) is 1. The van der Waals surface area contributed by atoms with Gasteiger partial charge in [0, 0.05) is 41.8 Å². The normalized spacial score (nSPS) is 61.2. The minimum absolute atomic E-state index is 0.376. The molecule has 0 aromatic carbocycles. The molecule has 0 aromatic rings. The first-order valence-corrected chi connectivity index (χ1v) is 14.4. The Labute approximate surface area is 196 Å². The lowest BCUT2D eigenvalue weighted by Crippen LogP contribution is -2.69. The molecule has 1 saturated heterocycles. The summed E-state index contributed by atoms with van der Waals surface area (Å²) in [5.74, 6) is 10.5. The van der Waals surface area contributed by atoms with Gasteiger partial charge in [0.05, 0.1) is 0 Å². The van der Waals surface area contributed by atoms with Crippen molar-refractivity contribution in [3.05, 3.63) is 11.1 Å². The smallest absolute Gasteiger partial charge is 0.0377 e. The highest BCUT2D eigenvalue weighted by Gasteiger charge is 2.83. The summed E-state index contributed by atoms with van der Waals surface area (Å²) in [6.07, 6.45) is 20.2. The lowest BCUT2D eigenvalue weighted by Gasteiger charge is -2.71. The Balaban J connectivity index is 1.43. The molecule has 4 spiro atoms. The predicted octanol–water partition coefficient (Wildman–Crippen LogP) is 7.12. The molecule has 8 rings (SSSR count). The highest BCUT2D eigenvalue weighted by Crippen LogP contribution is 2.88. The van der Waals surface area contributed by atoms with Crippen molar-refractivity contribution in [1.29, 1.82) is 0 Å². The standard InChI is InChI=1S/C31H43N/c1-21-13-17-30-22(2)18-28-15-6-9-23(28)11-12-26-31(28,19-25(21)30)27(30,3)14-5-4-8-24-10-7-16-29(24)20-32(26)29/h22-24,26H,6-20H2,1-3H3/t22-,23+,24-,26-,27+,28-,29-,30-,31-,32?/m1/s1. The monoisotopic (exact) mass is 429 g/mol. The lowest BCUT2D eigenvalue weighted by atomic mass is 9.33. The predicted molar refractivity (Wildman–Crippen MR) is 130 cm³/mol. The second-order valence-electron chi connectivity index (χ2n) is 14.2. The van der Waals surface area contributed by atoms with Crippen LogP contribution in [0.4, 0.5) is 0 Å². The third kappa shape index (κ3) is 1.73. The molecule has 0 N–H and O–H groups in total. The molecule has 0 radical (unpaired) electrons. The first kappa shape index (κ1) is 19.6. The van der Waals surface area contributed by atoms with E-state index in [9.17, 15) is 0 Å².